The molecule has 0 aliphatic heterocycles. The van der Waals surface area contributed by atoms with Gasteiger partial charge in [-0.2, -0.15) is 25.3 Å². The number of thiol groups is 2. The predicted octanol–water partition coefficient (Wildman–Crippen LogP) is 0.0522. The van der Waals surface area contributed by atoms with Crippen molar-refractivity contribution in [2.45, 2.75) is 6.42 Å². The minimum absolute atomic E-state index is 0. The molecular weight excluding hydrogens is 309 g/mol. The van der Waals surface area contributed by atoms with Crippen LogP contribution in [0.15, 0.2) is 0 Å². The molecule has 0 aromatic heterocycles. The average molecular weight is 320 g/mol. The Hall–Kier alpha value is 1.58. The Morgan fingerprint density at radius 1 is 1.00 bits per heavy atom. The molecule has 0 radical (unpaired) electrons. The van der Waals surface area contributed by atoms with Gasteiger partial charge in [0.25, 0.3) is 0 Å². The van der Waals surface area contributed by atoms with Crippen molar-refractivity contribution in [1.82, 2.24) is 0 Å². The van der Waals surface area contributed by atoms with Crippen LogP contribution in [0, 0.1) is 0 Å². The predicted molar refractivity (Wildman–Crippen MR) is 42.3 cm³/mol. The summed E-state index contributed by atoms with van der Waals surface area (Å²) in [5, 5.41) is 0. The van der Waals surface area contributed by atoms with Crippen LogP contribution in [0.3, 0.4) is 0 Å². The van der Waals surface area contributed by atoms with E-state index in [2.05, 4.69) is 25.3 Å². The molecule has 0 aromatic rings. The van der Waals surface area contributed by atoms with E-state index in [0.717, 1.165) is 17.9 Å². The number of hydrogen-bond donors (Lipinski definition) is 2. The first-order valence-electron chi connectivity index (χ1n) is 1.63. The maximum atomic E-state index is 3.95. The van der Waals surface area contributed by atoms with Crippen molar-refractivity contribution in [3.63, 3.8) is 0 Å². The molecule has 0 saturated carbocycles. The van der Waals surface area contributed by atoms with Gasteiger partial charge in [0.1, 0.15) is 0 Å². The van der Waals surface area contributed by atoms with Crippen molar-refractivity contribution in [3.8, 4) is 0 Å². The van der Waals surface area contributed by atoms with Crippen LogP contribution in [-0.4, -0.2) is 37.7 Å². The van der Waals surface area contributed by atoms with Gasteiger partial charge in [0, 0.05) is 0 Å². The SMILES string of the molecule is SCCCS.[BiH3]. The molecular formula is C3H11BiS2. The van der Waals surface area contributed by atoms with Gasteiger partial charge in [-0.1, -0.05) is 0 Å². The molecule has 6 heavy (non-hydrogen) atoms. The molecule has 0 atom stereocenters. The molecule has 0 fully saturated rings. The van der Waals surface area contributed by atoms with Gasteiger partial charge in [0.2, 0.25) is 0 Å². The molecule has 0 unspecified atom stereocenters. The maximum absolute atomic E-state index is 3.95. The number of rotatable bonds is 2. The van der Waals surface area contributed by atoms with Gasteiger partial charge in [-0.05, 0) is 17.9 Å². The minimum atomic E-state index is 0. The molecule has 0 nitrogen and oxygen atoms in total. The van der Waals surface area contributed by atoms with E-state index in [-0.39, 0.29) is 26.2 Å². The summed E-state index contributed by atoms with van der Waals surface area (Å²) in [6, 6.07) is 0. The van der Waals surface area contributed by atoms with E-state index in [0.29, 0.717) is 0 Å². The fourth-order valence-corrected chi connectivity index (χ4v) is 0.636. The quantitative estimate of drug-likeness (QED) is 0.521. The van der Waals surface area contributed by atoms with Crippen LogP contribution < -0.4 is 0 Å². The Morgan fingerprint density at radius 3 is 1.33 bits per heavy atom. The van der Waals surface area contributed by atoms with E-state index in [1.165, 1.54) is 0 Å². The zero-order valence-electron chi connectivity index (χ0n) is 3.72. The van der Waals surface area contributed by atoms with Crippen molar-refractivity contribution < 1.29 is 0 Å². The van der Waals surface area contributed by atoms with Gasteiger partial charge in [-0.15, -0.1) is 0 Å². The Bertz CT molecular complexity index is 16.3. The Kier molecular flexibility index (Phi) is 17.2. The normalized spacial score (nSPS) is 7.00. The van der Waals surface area contributed by atoms with Crippen molar-refractivity contribution in [1.29, 1.82) is 0 Å². The second-order valence-corrected chi connectivity index (χ2v) is 1.70. The van der Waals surface area contributed by atoms with Crippen LogP contribution in [0.1, 0.15) is 6.42 Å². The van der Waals surface area contributed by atoms with Crippen LogP contribution in [0.4, 0.5) is 0 Å². The van der Waals surface area contributed by atoms with E-state index < -0.39 is 0 Å². The summed E-state index contributed by atoms with van der Waals surface area (Å²) in [4.78, 5) is 0. The van der Waals surface area contributed by atoms with Crippen LogP contribution in [0.25, 0.3) is 0 Å². The zero-order chi connectivity index (χ0) is 4.12. The van der Waals surface area contributed by atoms with Crippen LogP contribution in [-0.2, 0) is 0 Å². The summed E-state index contributed by atoms with van der Waals surface area (Å²) in [7, 11) is 0. The monoisotopic (exact) mass is 320 g/mol. The van der Waals surface area contributed by atoms with Gasteiger partial charge in [0.05, 0.1) is 0 Å². The Labute approximate surface area is 69.0 Å². The molecule has 0 aliphatic rings. The first kappa shape index (κ1) is 10.5. The van der Waals surface area contributed by atoms with Crippen LogP contribution in [0.2, 0.25) is 0 Å². The van der Waals surface area contributed by atoms with Gasteiger partial charge in [-0.3, -0.25) is 0 Å². The third-order valence-corrected chi connectivity index (χ3v) is 0.949. The fourth-order valence-electron chi connectivity index (χ4n) is 0.0707. The zero-order valence-corrected chi connectivity index (χ0v) is 11.0. The van der Waals surface area contributed by atoms with Gasteiger partial charge in [0.15, 0.2) is 0 Å². The van der Waals surface area contributed by atoms with E-state index in [9.17, 15) is 0 Å². The average Bonchev–Trinajstić information content (AvgIpc) is 1.41. The molecule has 0 rings (SSSR count). The molecule has 0 N–H and O–H groups in total. The molecule has 0 amide bonds. The van der Waals surface area contributed by atoms with E-state index in [1.54, 1.807) is 0 Å². The van der Waals surface area contributed by atoms with E-state index in [4.69, 9.17) is 0 Å². The second kappa shape index (κ2) is 9.77. The Balaban J connectivity index is 0. The standard InChI is InChI=1S/C3H8S2.Bi.3H/c4-2-1-3-5;;;;/h4-5H,1-3H2;;;;. The summed E-state index contributed by atoms with van der Waals surface area (Å²) < 4.78 is 0. The molecule has 0 aliphatic carbocycles. The summed E-state index contributed by atoms with van der Waals surface area (Å²) in [6.07, 6.45) is 1.12. The van der Waals surface area contributed by atoms with Gasteiger partial charge >= 0.3 is 26.2 Å². The molecule has 0 aromatic carbocycles. The molecule has 0 spiro atoms. The number of hydrogen-bond acceptors (Lipinski definition) is 2. The summed E-state index contributed by atoms with van der Waals surface area (Å²) in [5.74, 6) is 1.92. The third kappa shape index (κ3) is 9.13. The molecule has 0 saturated heterocycles. The van der Waals surface area contributed by atoms with Crippen LogP contribution in [0.5, 0.6) is 0 Å². The first-order chi connectivity index (χ1) is 2.41. The van der Waals surface area contributed by atoms with Crippen molar-refractivity contribution in [3.05, 3.63) is 0 Å². The van der Waals surface area contributed by atoms with Gasteiger partial charge in [-0.25, -0.2) is 0 Å². The molecule has 3 heteroatoms. The fraction of sp³-hybridized carbons (Fsp3) is 1.00. The van der Waals surface area contributed by atoms with Crippen LogP contribution >= 0.6 is 25.3 Å². The summed E-state index contributed by atoms with van der Waals surface area (Å²) in [6.45, 7) is 0. The van der Waals surface area contributed by atoms with Crippen molar-refractivity contribution in [2.75, 3.05) is 11.5 Å². The molecule has 0 heterocycles. The van der Waals surface area contributed by atoms with E-state index in [1.807, 2.05) is 0 Å². The molecule has 0 bridgehead atoms. The van der Waals surface area contributed by atoms with Gasteiger partial charge < -0.3 is 0 Å². The second-order valence-electron chi connectivity index (χ2n) is 0.801. The topological polar surface area (TPSA) is 0 Å². The van der Waals surface area contributed by atoms with E-state index >= 15 is 0 Å². The molecule has 40 valence electrons. The third-order valence-electron chi connectivity index (χ3n) is 0.316. The summed E-state index contributed by atoms with van der Waals surface area (Å²) >= 11 is 7.90. The Morgan fingerprint density at radius 2 is 1.33 bits per heavy atom. The van der Waals surface area contributed by atoms with Crippen molar-refractivity contribution >= 4 is 51.5 Å². The van der Waals surface area contributed by atoms with Crippen molar-refractivity contribution in [2.24, 2.45) is 0 Å². The summed E-state index contributed by atoms with van der Waals surface area (Å²) in [5.41, 5.74) is 0. The first-order valence-corrected chi connectivity index (χ1v) is 2.90.